The van der Waals surface area contributed by atoms with E-state index in [1.54, 1.807) is 6.92 Å². The van der Waals surface area contributed by atoms with Crippen LogP contribution in [0.15, 0.2) is 60.9 Å². The fourth-order valence-electron chi connectivity index (χ4n) is 5.94. The lowest BCUT2D eigenvalue weighted by Crippen LogP contribution is -2.41. The Hall–Kier alpha value is -8.26. The number of carboxylic acid groups (broad SMARTS) is 4. The van der Waals surface area contributed by atoms with Crippen LogP contribution in [0, 0.1) is 0 Å². The first-order valence-electron chi connectivity index (χ1n) is 18.6. The predicted octanol–water partition coefficient (Wildman–Crippen LogP) is 3.46. The van der Waals surface area contributed by atoms with Crippen LogP contribution in [0.4, 0.5) is 26.3 Å². The fourth-order valence-corrected chi connectivity index (χ4v) is 5.94. The van der Waals surface area contributed by atoms with Gasteiger partial charge in [-0.1, -0.05) is 10.4 Å². The molecule has 5 rings (SSSR count). The highest BCUT2D eigenvalue weighted by Gasteiger charge is 2.38. The van der Waals surface area contributed by atoms with E-state index in [0.717, 1.165) is 46.0 Å². The molecule has 65 heavy (non-hydrogen) atoms. The first-order chi connectivity index (χ1) is 30.5. The minimum Gasteiger partial charge on any atom is -0.481 e. The van der Waals surface area contributed by atoms with Gasteiger partial charge >= 0.3 is 36.2 Å². The number of nitrogens with zero attached hydrogens (tertiary/aromatic N) is 7. The van der Waals surface area contributed by atoms with Gasteiger partial charge in [-0.3, -0.25) is 24.0 Å². The van der Waals surface area contributed by atoms with E-state index < -0.39 is 114 Å². The highest BCUT2D eigenvalue weighted by molar-refractivity contribution is 5.99. The smallest absolute Gasteiger partial charge is 0.417 e. The number of carbonyl (C=O) groups excluding carboxylic acids is 3. The van der Waals surface area contributed by atoms with E-state index in [0.29, 0.717) is 12.1 Å². The number of carbonyl (C=O) groups is 7. The van der Waals surface area contributed by atoms with Crippen molar-refractivity contribution >= 4 is 41.6 Å². The standard InChI is InChI=1S/C38H32F6N10O11/c1-2-45-32(59)17-11-26(28-15-53(51-49-28)18-3-5-20(22(13-18)37(39,40)41)33(60)47-24(35(62)63)7-9-30(55)56)46-27(12-17)29-16-54(52-50-29)19-4-6-21(23(14-19)38(42,43)44)34(61)48-25(36(64)65)8-10-31(57)58/h3-6,11-16,24-25H,2,7-10H2,1H3,(H,45,59)(H,47,60)(H,48,61)(H,55,56)(H,57,58)(H,62,63)(H,64,65)/t24-,25-/m0/s1. The van der Waals surface area contributed by atoms with Crippen LogP contribution >= 0.6 is 0 Å². The van der Waals surface area contributed by atoms with Gasteiger partial charge in [0.05, 0.1) is 57.4 Å². The van der Waals surface area contributed by atoms with Crippen molar-refractivity contribution in [3.05, 3.63) is 88.7 Å². The van der Waals surface area contributed by atoms with E-state index in [4.69, 9.17) is 10.2 Å². The summed E-state index contributed by atoms with van der Waals surface area (Å²) in [6.07, 6.45) is -10.8. The maximum Gasteiger partial charge on any atom is 0.417 e. The van der Waals surface area contributed by atoms with Gasteiger partial charge in [0.1, 0.15) is 23.5 Å². The molecule has 0 spiro atoms. The second-order valence-electron chi connectivity index (χ2n) is 13.6. The van der Waals surface area contributed by atoms with Crippen molar-refractivity contribution in [2.75, 3.05) is 6.54 Å². The number of aliphatic carboxylic acids is 4. The van der Waals surface area contributed by atoms with Crippen LogP contribution in [-0.2, 0) is 31.5 Å². The van der Waals surface area contributed by atoms with Gasteiger partial charge in [-0.2, -0.15) is 26.3 Å². The minimum absolute atomic E-state index is 0.0635. The number of aromatic nitrogens is 7. The molecule has 5 aromatic rings. The number of pyridine rings is 1. The number of amides is 3. The topological polar surface area (TPSA) is 311 Å². The maximum absolute atomic E-state index is 14.3. The van der Waals surface area contributed by atoms with Crippen LogP contribution in [0.1, 0.15) is 74.8 Å². The van der Waals surface area contributed by atoms with Gasteiger partial charge in [0.2, 0.25) is 0 Å². The summed E-state index contributed by atoms with van der Waals surface area (Å²) < 4.78 is 87.4. The molecule has 0 radical (unpaired) electrons. The summed E-state index contributed by atoms with van der Waals surface area (Å²) in [4.78, 5) is 88.0. The van der Waals surface area contributed by atoms with Crippen LogP contribution in [-0.4, -0.2) is 116 Å². The van der Waals surface area contributed by atoms with Gasteiger partial charge in [-0.15, -0.1) is 10.2 Å². The molecule has 21 nitrogen and oxygen atoms in total. The molecule has 2 atom stereocenters. The average Bonchev–Trinajstić information content (AvgIpc) is 3.94. The number of nitrogens with one attached hydrogen (secondary N) is 3. The molecule has 0 aliphatic carbocycles. The summed E-state index contributed by atoms with van der Waals surface area (Å²) >= 11 is 0. The van der Waals surface area contributed by atoms with Crippen LogP contribution < -0.4 is 16.0 Å². The lowest BCUT2D eigenvalue weighted by Gasteiger charge is -2.17. The van der Waals surface area contributed by atoms with Gasteiger partial charge in [0.25, 0.3) is 17.7 Å². The number of hydrogen-bond donors (Lipinski definition) is 7. The monoisotopic (exact) mass is 918 g/mol. The molecule has 342 valence electrons. The van der Waals surface area contributed by atoms with Gasteiger partial charge in [0, 0.05) is 24.9 Å². The van der Waals surface area contributed by atoms with Crippen molar-refractivity contribution in [1.82, 2.24) is 50.9 Å². The molecule has 2 aromatic carbocycles. The molecule has 0 saturated heterocycles. The predicted molar refractivity (Wildman–Crippen MR) is 204 cm³/mol. The molecule has 7 N–H and O–H groups in total. The second-order valence-corrected chi connectivity index (χ2v) is 13.6. The highest BCUT2D eigenvalue weighted by Crippen LogP contribution is 2.35. The molecule has 0 saturated carbocycles. The molecule has 0 unspecified atom stereocenters. The summed E-state index contributed by atoms with van der Waals surface area (Å²) in [6, 6.07) is 3.37. The third-order valence-corrected chi connectivity index (χ3v) is 9.07. The zero-order valence-electron chi connectivity index (χ0n) is 33.0. The molecule has 27 heteroatoms. The van der Waals surface area contributed by atoms with E-state index in [1.807, 2.05) is 10.6 Å². The van der Waals surface area contributed by atoms with Crippen LogP contribution in [0.5, 0.6) is 0 Å². The molecule has 3 heterocycles. The molecule has 0 aliphatic heterocycles. The van der Waals surface area contributed by atoms with Gasteiger partial charge in [0.15, 0.2) is 0 Å². The van der Waals surface area contributed by atoms with Crippen molar-refractivity contribution < 1.29 is 80.3 Å². The summed E-state index contributed by atoms with van der Waals surface area (Å²) in [5.74, 6) is -9.74. The molecule has 0 bridgehead atoms. The Kier molecular flexibility index (Phi) is 14.3. The molecule has 0 fully saturated rings. The van der Waals surface area contributed by atoms with Crippen molar-refractivity contribution in [3.63, 3.8) is 0 Å². The molecular formula is C38H32F6N10O11. The van der Waals surface area contributed by atoms with Crippen molar-refractivity contribution in [2.24, 2.45) is 0 Å². The third kappa shape index (κ3) is 11.8. The van der Waals surface area contributed by atoms with Gasteiger partial charge in [-0.25, -0.2) is 23.9 Å². The molecular weight excluding hydrogens is 886 g/mol. The van der Waals surface area contributed by atoms with Gasteiger partial charge in [-0.05, 0) is 68.3 Å². The summed E-state index contributed by atoms with van der Waals surface area (Å²) in [5.41, 5.74) is -6.21. The Bertz CT molecular complexity index is 2510. The van der Waals surface area contributed by atoms with E-state index in [1.165, 1.54) is 12.1 Å². The molecule has 3 amide bonds. The second kappa shape index (κ2) is 19.4. The lowest BCUT2D eigenvalue weighted by molar-refractivity contribution is -0.142. The van der Waals surface area contributed by atoms with Crippen molar-refractivity contribution in [1.29, 1.82) is 0 Å². The van der Waals surface area contributed by atoms with Gasteiger partial charge < -0.3 is 36.4 Å². The largest absolute Gasteiger partial charge is 0.481 e. The normalized spacial score (nSPS) is 12.5. The van der Waals surface area contributed by atoms with E-state index in [9.17, 15) is 70.1 Å². The van der Waals surface area contributed by atoms with E-state index in [-0.39, 0.29) is 46.3 Å². The Morgan fingerprint density at radius 1 is 0.600 bits per heavy atom. The highest BCUT2D eigenvalue weighted by atomic mass is 19.4. The minimum atomic E-state index is -5.18. The first-order valence-corrected chi connectivity index (χ1v) is 18.6. The molecule has 0 aliphatic rings. The summed E-state index contributed by atoms with van der Waals surface area (Å²) in [7, 11) is 0. The van der Waals surface area contributed by atoms with Crippen molar-refractivity contribution in [2.45, 2.75) is 57.0 Å². The summed E-state index contributed by atoms with van der Waals surface area (Å²) in [5, 5.41) is 58.4. The average molecular weight is 919 g/mol. The Morgan fingerprint density at radius 2 is 1.00 bits per heavy atom. The Morgan fingerprint density at radius 3 is 1.34 bits per heavy atom. The number of benzene rings is 2. The SMILES string of the molecule is CCNC(=O)c1cc(-c2cn(-c3ccc(C(=O)N[C@@H](CCC(=O)O)C(=O)O)c(C(F)(F)F)c3)nn2)nc(-c2cn(-c3ccc(C(=O)N[C@@H](CCC(=O)O)C(=O)O)c(C(F)(F)F)c3)nn2)c1. The van der Waals surface area contributed by atoms with E-state index >= 15 is 0 Å². The number of rotatable bonds is 18. The maximum atomic E-state index is 14.3. The Labute approximate surface area is 359 Å². The number of carboxylic acids is 4. The molecule has 3 aromatic heterocycles. The van der Waals surface area contributed by atoms with Crippen LogP contribution in [0.25, 0.3) is 34.2 Å². The number of halogens is 6. The zero-order valence-corrected chi connectivity index (χ0v) is 33.0. The number of hydrogen-bond acceptors (Lipinski definition) is 12. The third-order valence-electron chi connectivity index (χ3n) is 9.07. The van der Waals surface area contributed by atoms with Crippen molar-refractivity contribution in [3.8, 4) is 34.2 Å². The first kappa shape index (κ1) is 47.8. The van der Waals surface area contributed by atoms with Crippen LogP contribution in [0.3, 0.4) is 0 Å². The fraction of sp³-hybridized carbons (Fsp3) is 0.263. The Balaban J connectivity index is 1.48. The quantitative estimate of drug-likeness (QED) is 0.0619. The van der Waals surface area contributed by atoms with Crippen LogP contribution in [0.2, 0.25) is 0 Å². The lowest BCUT2D eigenvalue weighted by atomic mass is 10.0. The number of alkyl halides is 6. The zero-order chi connectivity index (χ0) is 48.0. The van der Waals surface area contributed by atoms with E-state index in [2.05, 4.69) is 30.9 Å². The summed E-state index contributed by atoms with van der Waals surface area (Å²) in [6.45, 7) is 1.77.